The molecular weight excluding hydrogens is 202 g/mol. The molecule has 2 N–H and O–H groups in total. The Labute approximate surface area is 96.6 Å². The van der Waals surface area contributed by atoms with E-state index in [-0.39, 0.29) is 5.41 Å². The average molecular weight is 223 g/mol. The number of rotatable bonds is 3. The fourth-order valence-electron chi connectivity index (χ4n) is 2.23. The van der Waals surface area contributed by atoms with Crippen LogP contribution in [-0.2, 0) is 11.0 Å². The van der Waals surface area contributed by atoms with Crippen LogP contribution in [0.5, 0.6) is 0 Å². The third-order valence-corrected chi connectivity index (χ3v) is 3.89. The van der Waals surface area contributed by atoms with Crippen molar-refractivity contribution in [1.29, 1.82) is 0 Å². The van der Waals surface area contributed by atoms with E-state index in [0.717, 1.165) is 25.2 Å². The zero-order valence-electron chi connectivity index (χ0n) is 10.4. The summed E-state index contributed by atoms with van der Waals surface area (Å²) in [5, 5.41) is 4.04. The van der Waals surface area contributed by atoms with E-state index < -0.39 is 5.54 Å². The molecule has 1 saturated carbocycles. The van der Waals surface area contributed by atoms with Gasteiger partial charge in [-0.3, -0.25) is 0 Å². The van der Waals surface area contributed by atoms with Crippen LogP contribution in [-0.4, -0.2) is 10.1 Å². The molecule has 1 aromatic rings. The predicted molar refractivity (Wildman–Crippen MR) is 61.9 cm³/mol. The number of hydrogen-bond acceptors (Lipinski definition) is 4. The van der Waals surface area contributed by atoms with Crippen molar-refractivity contribution in [2.75, 3.05) is 0 Å². The predicted octanol–water partition coefficient (Wildman–Crippen LogP) is 2.49. The highest BCUT2D eigenvalue weighted by Gasteiger charge is 2.37. The zero-order valence-corrected chi connectivity index (χ0v) is 10.4. The van der Waals surface area contributed by atoms with Crippen LogP contribution in [0, 0.1) is 0 Å². The molecule has 0 amide bonds. The summed E-state index contributed by atoms with van der Waals surface area (Å²) in [6.07, 6.45) is 5.59. The summed E-state index contributed by atoms with van der Waals surface area (Å²) < 4.78 is 5.40. The summed E-state index contributed by atoms with van der Waals surface area (Å²) in [6.45, 7) is 6.18. The van der Waals surface area contributed by atoms with E-state index in [1.807, 2.05) is 13.8 Å². The lowest BCUT2D eigenvalue weighted by Crippen LogP contribution is -2.33. The summed E-state index contributed by atoms with van der Waals surface area (Å²) in [6, 6.07) is 0. The zero-order chi connectivity index (χ0) is 11.8. The van der Waals surface area contributed by atoms with E-state index >= 15 is 0 Å². The summed E-state index contributed by atoms with van der Waals surface area (Å²) in [4.78, 5) is 4.50. The molecule has 0 radical (unpaired) electrons. The fraction of sp³-hybridized carbons (Fsp3) is 0.833. The Kier molecular flexibility index (Phi) is 2.78. The smallest absolute Gasteiger partial charge is 0.232 e. The summed E-state index contributed by atoms with van der Waals surface area (Å²) in [5.74, 6) is 1.41. The first-order chi connectivity index (χ1) is 7.48. The first kappa shape index (κ1) is 11.6. The van der Waals surface area contributed by atoms with Crippen LogP contribution in [0.2, 0.25) is 0 Å². The molecule has 90 valence electrons. The molecule has 0 aliphatic heterocycles. The third kappa shape index (κ3) is 1.86. The van der Waals surface area contributed by atoms with Crippen LogP contribution in [0.15, 0.2) is 4.52 Å². The molecule has 2 rings (SSSR count). The van der Waals surface area contributed by atoms with Gasteiger partial charge in [-0.25, -0.2) is 0 Å². The van der Waals surface area contributed by atoms with Crippen molar-refractivity contribution < 1.29 is 4.52 Å². The quantitative estimate of drug-likeness (QED) is 0.855. The summed E-state index contributed by atoms with van der Waals surface area (Å²) in [7, 11) is 0. The van der Waals surface area contributed by atoms with E-state index in [1.165, 1.54) is 12.8 Å². The molecule has 16 heavy (non-hydrogen) atoms. The van der Waals surface area contributed by atoms with Gasteiger partial charge in [-0.15, -0.1) is 0 Å². The highest BCUT2D eigenvalue weighted by atomic mass is 16.5. The second-order valence-corrected chi connectivity index (χ2v) is 5.46. The minimum Gasteiger partial charge on any atom is -0.339 e. The number of nitrogens with zero attached hydrogens (tertiary/aromatic N) is 2. The first-order valence-corrected chi connectivity index (χ1v) is 6.11. The minimum atomic E-state index is -0.475. The molecule has 1 heterocycles. The Morgan fingerprint density at radius 3 is 2.62 bits per heavy atom. The third-order valence-electron chi connectivity index (χ3n) is 3.89. The van der Waals surface area contributed by atoms with Gasteiger partial charge in [0, 0.05) is 5.41 Å². The topological polar surface area (TPSA) is 64.9 Å². The Morgan fingerprint density at radius 1 is 1.44 bits per heavy atom. The first-order valence-electron chi connectivity index (χ1n) is 6.11. The van der Waals surface area contributed by atoms with Crippen molar-refractivity contribution in [1.82, 2.24) is 10.1 Å². The van der Waals surface area contributed by atoms with Gasteiger partial charge in [0.2, 0.25) is 5.89 Å². The lowest BCUT2D eigenvalue weighted by molar-refractivity contribution is 0.290. The number of nitrogens with two attached hydrogens (primary N) is 1. The van der Waals surface area contributed by atoms with E-state index in [4.69, 9.17) is 10.3 Å². The maximum atomic E-state index is 6.11. The van der Waals surface area contributed by atoms with Crippen molar-refractivity contribution in [3.63, 3.8) is 0 Å². The highest BCUT2D eigenvalue weighted by molar-refractivity contribution is 5.09. The molecule has 1 aromatic heterocycles. The maximum absolute atomic E-state index is 6.11. The van der Waals surface area contributed by atoms with Gasteiger partial charge in [0.05, 0.1) is 5.54 Å². The van der Waals surface area contributed by atoms with Crippen LogP contribution in [0.25, 0.3) is 0 Å². The van der Waals surface area contributed by atoms with Crippen LogP contribution in [0.4, 0.5) is 0 Å². The van der Waals surface area contributed by atoms with E-state index in [9.17, 15) is 0 Å². The second-order valence-electron chi connectivity index (χ2n) is 5.46. The van der Waals surface area contributed by atoms with Crippen LogP contribution >= 0.6 is 0 Å². The second kappa shape index (κ2) is 3.84. The van der Waals surface area contributed by atoms with Crippen molar-refractivity contribution in [3.8, 4) is 0 Å². The van der Waals surface area contributed by atoms with E-state index in [1.54, 1.807) is 0 Å². The van der Waals surface area contributed by atoms with Gasteiger partial charge >= 0.3 is 0 Å². The lowest BCUT2D eigenvalue weighted by atomic mass is 9.89. The Morgan fingerprint density at radius 2 is 2.06 bits per heavy atom. The van der Waals surface area contributed by atoms with Gasteiger partial charge in [0.1, 0.15) is 0 Å². The average Bonchev–Trinajstić information content (AvgIpc) is 2.86. The molecule has 0 bridgehead atoms. The van der Waals surface area contributed by atoms with E-state index in [0.29, 0.717) is 5.82 Å². The molecule has 1 unspecified atom stereocenters. The SMILES string of the molecule is CCC(C)(N)c1noc(C2(C)CCCC2)n1. The van der Waals surface area contributed by atoms with E-state index in [2.05, 4.69) is 17.1 Å². The summed E-state index contributed by atoms with van der Waals surface area (Å²) >= 11 is 0. The molecule has 1 fully saturated rings. The van der Waals surface area contributed by atoms with Gasteiger partial charge in [0.25, 0.3) is 0 Å². The molecule has 0 aromatic carbocycles. The van der Waals surface area contributed by atoms with Gasteiger partial charge in [0.15, 0.2) is 5.82 Å². The standard InChI is InChI=1S/C12H21N3O/c1-4-12(3,13)9-14-10(16-15-9)11(2)7-5-6-8-11/h4-8,13H2,1-3H3. The van der Waals surface area contributed by atoms with Crippen molar-refractivity contribution in [3.05, 3.63) is 11.7 Å². The summed E-state index contributed by atoms with van der Waals surface area (Å²) in [5.41, 5.74) is 5.71. The van der Waals surface area contributed by atoms with Crippen molar-refractivity contribution in [2.45, 2.75) is 63.8 Å². The number of hydrogen-bond donors (Lipinski definition) is 1. The lowest BCUT2D eigenvalue weighted by Gasteiger charge is -2.19. The van der Waals surface area contributed by atoms with Gasteiger partial charge < -0.3 is 10.3 Å². The van der Waals surface area contributed by atoms with Gasteiger partial charge in [-0.05, 0) is 26.2 Å². The molecule has 4 nitrogen and oxygen atoms in total. The van der Waals surface area contributed by atoms with Crippen molar-refractivity contribution in [2.24, 2.45) is 5.73 Å². The Bertz CT molecular complexity index is 364. The molecule has 1 aliphatic carbocycles. The normalized spacial score (nSPS) is 23.2. The maximum Gasteiger partial charge on any atom is 0.232 e. The largest absolute Gasteiger partial charge is 0.339 e. The molecule has 1 atom stereocenters. The monoisotopic (exact) mass is 223 g/mol. The van der Waals surface area contributed by atoms with Gasteiger partial charge in [-0.1, -0.05) is 31.8 Å². The molecule has 1 aliphatic rings. The van der Waals surface area contributed by atoms with Gasteiger partial charge in [-0.2, -0.15) is 4.98 Å². The Balaban J connectivity index is 2.26. The van der Waals surface area contributed by atoms with Crippen LogP contribution in [0.3, 0.4) is 0 Å². The van der Waals surface area contributed by atoms with Crippen LogP contribution in [0.1, 0.15) is 64.6 Å². The Hall–Kier alpha value is -0.900. The molecule has 0 spiro atoms. The molecule has 4 heteroatoms. The minimum absolute atomic E-state index is 0.0784. The fourth-order valence-corrected chi connectivity index (χ4v) is 2.23. The van der Waals surface area contributed by atoms with Crippen LogP contribution < -0.4 is 5.73 Å². The highest BCUT2D eigenvalue weighted by Crippen LogP contribution is 2.40. The number of aromatic nitrogens is 2. The molecular formula is C12H21N3O. The van der Waals surface area contributed by atoms with Crippen molar-refractivity contribution >= 4 is 0 Å². The molecule has 0 saturated heterocycles.